The predicted octanol–water partition coefficient (Wildman–Crippen LogP) is 1.73. The number of thioether (sulfide) groups is 1. The lowest BCUT2D eigenvalue weighted by atomic mass is 10.1. The minimum atomic E-state index is 0.231. The van der Waals surface area contributed by atoms with Gasteiger partial charge in [0.2, 0.25) is 5.91 Å². The molecule has 2 aliphatic heterocycles. The smallest absolute Gasteiger partial charge is 0.228 e. The number of carbonyl (C=O) groups is 1. The molecule has 20 heavy (non-hydrogen) atoms. The van der Waals surface area contributed by atoms with Crippen molar-refractivity contribution in [2.24, 2.45) is 0 Å². The maximum Gasteiger partial charge on any atom is 0.228 e. The molecule has 0 aromatic carbocycles. The van der Waals surface area contributed by atoms with Crippen molar-refractivity contribution in [2.45, 2.75) is 25.3 Å². The monoisotopic (exact) mass is 311 g/mol. The molecule has 1 aromatic heterocycles. The van der Waals surface area contributed by atoms with Crippen LogP contribution in [0.4, 0.5) is 0 Å². The summed E-state index contributed by atoms with van der Waals surface area (Å²) in [6, 6.07) is 0.757. The van der Waals surface area contributed by atoms with Gasteiger partial charge in [-0.15, -0.1) is 11.3 Å². The fraction of sp³-hybridized carbons (Fsp3) is 0.714. The number of hydrogen-bond acceptors (Lipinski definition) is 5. The van der Waals surface area contributed by atoms with Crippen molar-refractivity contribution in [2.75, 3.05) is 37.7 Å². The Morgan fingerprint density at radius 1 is 1.25 bits per heavy atom. The van der Waals surface area contributed by atoms with E-state index in [1.165, 1.54) is 24.3 Å². The summed E-state index contributed by atoms with van der Waals surface area (Å²) in [4.78, 5) is 21.0. The van der Waals surface area contributed by atoms with Crippen LogP contribution in [0.3, 0.4) is 0 Å². The highest BCUT2D eigenvalue weighted by molar-refractivity contribution is 7.99. The highest BCUT2D eigenvalue weighted by atomic mass is 32.2. The van der Waals surface area contributed by atoms with E-state index in [0.717, 1.165) is 37.9 Å². The van der Waals surface area contributed by atoms with E-state index in [-0.39, 0.29) is 5.91 Å². The van der Waals surface area contributed by atoms with Gasteiger partial charge in [-0.25, -0.2) is 4.98 Å². The maximum absolute atomic E-state index is 12.2. The molecule has 2 aliphatic rings. The minimum Gasteiger partial charge on any atom is -0.340 e. The van der Waals surface area contributed by atoms with Gasteiger partial charge in [0.15, 0.2) is 0 Å². The highest BCUT2D eigenvalue weighted by Gasteiger charge is 2.27. The third-order valence-electron chi connectivity index (χ3n) is 4.19. The van der Waals surface area contributed by atoms with Crippen LogP contribution >= 0.6 is 23.1 Å². The lowest BCUT2D eigenvalue weighted by Gasteiger charge is -2.40. The van der Waals surface area contributed by atoms with Crippen LogP contribution in [-0.4, -0.2) is 64.4 Å². The second-order valence-corrected chi connectivity index (χ2v) is 7.36. The first kappa shape index (κ1) is 14.4. The van der Waals surface area contributed by atoms with Crippen LogP contribution in [0.1, 0.15) is 18.5 Å². The number of thiazole rings is 1. The molecule has 3 rings (SSSR count). The van der Waals surface area contributed by atoms with Gasteiger partial charge in [-0.1, -0.05) is 0 Å². The van der Waals surface area contributed by atoms with E-state index in [0.29, 0.717) is 6.42 Å². The highest BCUT2D eigenvalue weighted by Crippen LogP contribution is 2.22. The average Bonchev–Trinajstić information content (AvgIpc) is 3.01. The third-order valence-corrected chi connectivity index (χ3v) is 5.87. The van der Waals surface area contributed by atoms with E-state index in [1.54, 1.807) is 16.8 Å². The van der Waals surface area contributed by atoms with Gasteiger partial charge in [-0.2, -0.15) is 11.8 Å². The van der Waals surface area contributed by atoms with Crippen LogP contribution in [0.15, 0.2) is 10.9 Å². The number of piperazine rings is 1. The van der Waals surface area contributed by atoms with Gasteiger partial charge >= 0.3 is 0 Å². The van der Waals surface area contributed by atoms with E-state index in [4.69, 9.17) is 0 Å². The molecule has 0 unspecified atom stereocenters. The molecule has 0 spiro atoms. The summed E-state index contributed by atoms with van der Waals surface area (Å²) in [5.41, 5.74) is 2.70. The van der Waals surface area contributed by atoms with E-state index in [1.807, 2.05) is 10.3 Å². The van der Waals surface area contributed by atoms with Gasteiger partial charge in [0.1, 0.15) is 0 Å². The molecule has 0 radical (unpaired) electrons. The minimum absolute atomic E-state index is 0.231. The van der Waals surface area contributed by atoms with Gasteiger partial charge in [-0.3, -0.25) is 9.69 Å². The van der Waals surface area contributed by atoms with Crippen molar-refractivity contribution in [1.29, 1.82) is 0 Å². The Balaban J connectivity index is 1.46. The first-order chi connectivity index (χ1) is 9.83. The summed E-state index contributed by atoms with van der Waals surface area (Å²) in [5, 5.41) is 1.97. The van der Waals surface area contributed by atoms with Crippen molar-refractivity contribution >= 4 is 29.0 Å². The molecule has 0 N–H and O–H groups in total. The maximum atomic E-state index is 12.2. The predicted molar refractivity (Wildman–Crippen MR) is 84.3 cm³/mol. The molecule has 6 heteroatoms. The molecule has 4 nitrogen and oxygen atoms in total. The van der Waals surface area contributed by atoms with Gasteiger partial charge in [-0.05, 0) is 24.3 Å². The normalized spacial score (nSPS) is 22.1. The molecule has 0 bridgehead atoms. The molecule has 1 amide bonds. The van der Waals surface area contributed by atoms with Crippen LogP contribution < -0.4 is 0 Å². The van der Waals surface area contributed by atoms with Gasteiger partial charge < -0.3 is 4.90 Å². The molecule has 0 saturated carbocycles. The zero-order valence-electron chi connectivity index (χ0n) is 11.7. The second-order valence-electron chi connectivity index (χ2n) is 5.42. The van der Waals surface area contributed by atoms with Gasteiger partial charge in [0, 0.05) is 37.6 Å². The number of aromatic nitrogens is 1. The Hall–Kier alpha value is -0.590. The van der Waals surface area contributed by atoms with E-state index < -0.39 is 0 Å². The molecule has 0 atom stereocenters. The van der Waals surface area contributed by atoms with Crippen LogP contribution in [0, 0.1) is 0 Å². The molecular weight excluding hydrogens is 290 g/mol. The van der Waals surface area contributed by atoms with Crippen molar-refractivity contribution in [3.8, 4) is 0 Å². The zero-order chi connectivity index (χ0) is 13.8. The number of carbonyl (C=O) groups excluding carboxylic acids is 1. The Bertz CT molecular complexity index is 424. The number of nitrogens with zero attached hydrogens (tertiary/aromatic N) is 3. The third kappa shape index (κ3) is 3.54. The molecule has 2 saturated heterocycles. The zero-order valence-corrected chi connectivity index (χ0v) is 13.3. The molecule has 2 fully saturated rings. The van der Waals surface area contributed by atoms with Crippen molar-refractivity contribution in [1.82, 2.24) is 14.8 Å². The van der Waals surface area contributed by atoms with E-state index >= 15 is 0 Å². The van der Waals surface area contributed by atoms with E-state index in [9.17, 15) is 4.79 Å². The first-order valence-electron chi connectivity index (χ1n) is 7.29. The quantitative estimate of drug-likeness (QED) is 0.852. The van der Waals surface area contributed by atoms with Crippen LogP contribution in [0.5, 0.6) is 0 Å². The van der Waals surface area contributed by atoms with Crippen LogP contribution in [0.25, 0.3) is 0 Å². The summed E-state index contributed by atoms with van der Waals surface area (Å²) in [5.74, 6) is 2.83. The fourth-order valence-electron chi connectivity index (χ4n) is 2.98. The summed E-state index contributed by atoms with van der Waals surface area (Å²) in [7, 11) is 0. The Morgan fingerprint density at radius 2 is 2.00 bits per heavy atom. The number of amides is 1. The number of hydrogen-bond donors (Lipinski definition) is 0. The molecule has 110 valence electrons. The topological polar surface area (TPSA) is 36.4 Å². The summed E-state index contributed by atoms with van der Waals surface area (Å²) in [6.45, 7) is 3.84. The Morgan fingerprint density at radius 3 is 2.65 bits per heavy atom. The van der Waals surface area contributed by atoms with Crippen molar-refractivity contribution < 1.29 is 4.79 Å². The molecule has 3 heterocycles. The first-order valence-corrected chi connectivity index (χ1v) is 9.39. The largest absolute Gasteiger partial charge is 0.340 e. The van der Waals surface area contributed by atoms with Crippen molar-refractivity contribution in [3.05, 3.63) is 16.6 Å². The standard InChI is InChI=1S/C14H21N3OS2/c18-14(9-12-10-20-11-15-12)17-5-3-16(4-6-17)13-1-7-19-8-2-13/h10-11,13H,1-9H2. The Kier molecular flexibility index (Phi) is 4.96. The summed E-state index contributed by atoms with van der Waals surface area (Å²) < 4.78 is 0. The average molecular weight is 311 g/mol. The summed E-state index contributed by atoms with van der Waals surface area (Å²) >= 11 is 3.63. The van der Waals surface area contributed by atoms with Crippen LogP contribution in [0.2, 0.25) is 0 Å². The Labute approximate surface area is 128 Å². The van der Waals surface area contributed by atoms with Crippen molar-refractivity contribution in [3.63, 3.8) is 0 Å². The van der Waals surface area contributed by atoms with Gasteiger partial charge in [0.25, 0.3) is 0 Å². The molecular formula is C14H21N3OS2. The lowest BCUT2D eigenvalue weighted by Crippen LogP contribution is -2.52. The van der Waals surface area contributed by atoms with Crippen LogP contribution in [-0.2, 0) is 11.2 Å². The molecule has 0 aliphatic carbocycles. The lowest BCUT2D eigenvalue weighted by molar-refractivity contribution is -0.132. The summed E-state index contributed by atoms with van der Waals surface area (Å²) in [6.07, 6.45) is 3.10. The molecule has 1 aromatic rings. The number of rotatable bonds is 3. The van der Waals surface area contributed by atoms with Gasteiger partial charge in [0.05, 0.1) is 17.6 Å². The SMILES string of the molecule is O=C(Cc1cscn1)N1CCN(C2CCSCC2)CC1. The fourth-order valence-corrected chi connectivity index (χ4v) is 4.62. The van der Waals surface area contributed by atoms with E-state index in [2.05, 4.69) is 21.6 Å². The second kappa shape index (κ2) is 6.91.